The van der Waals surface area contributed by atoms with Gasteiger partial charge in [0.1, 0.15) is 0 Å². The van der Waals surface area contributed by atoms with Crippen molar-refractivity contribution in [1.29, 1.82) is 0 Å². The molecule has 0 spiro atoms. The summed E-state index contributed by atoms with van der Waals surface area (Å²) in [5.41, 5.74) is 7.19. The van der Waals surface area contributed by atoms with Gasteiger partial charge in [-0.1, -0.05) is 17.2 Å². The van der Waals surface area contributed by atoms with Crippen LogP contribution in [0, 0.1) is 0 Å². The molecule has 0 radical (unpaired) electrons. The Morgan fingerprint density at radius 2 is 2.00 bits per heavy atom. The topological polar surface area (TPSA) is 166 Å². The van der Waals surface area contributed by atoms with E-state index in [1.807, 2.05) is 0 Å². The van der Waals surface area contributed by atoms with Crippen molar-refractivity contribution in [2.75, 3.05) is 17.6 Å². The van der Waals surface area contributed by atoms with E-state index in [1.165, 1.54) is 18.3 Å². The van der Waals surface area contributed by atoms with Crippen LogP contribution in [0.5, 0.6) is 0 Å². The number of hydrogen-bond donors (Lipinski definition) is 3. The van der Waals surface area contributed by atoms with Gasteiger partial charge in [-0.25, -0.2) is 18.4 Å². The van der Waals surface area contributed by atoms with Crippen molar-refractivity contribution in [2.24, 2.45) is 0 Å². The SMILES string of the molecule is CC(C)S(=O)(=O)c1ccc(-c2cnc(N)c(-c3nnc(NC(=O)[C@@H]4CCCN4)o3)n2)cc1. The van der Waals surface area contributed by atoms with Gasteiger partial charge in [-0.15, -0.1) is 5.10 Å². The number of sulfone groups is 1. The number of nitrogens with two attached hydrogens (primary N) is 1. The number of benzene rings is 1. The highest BCUT2D eigenvalue weighted by Gasteiger charge is 2.24. The van der Waals surface area contributed by atoms with Crippen molar-refractivity contribution >= 4 is 27.6 Å². The Balaban J connectivity index is 1.57. The lowest BCUT2D eigenvalue weighted by atomic mass is 10.1. The first kappa shape index (κ1) is 21.8. The fourth-order valence-electron chi connectivity index (χ4n) is 3.25. The normalized spacial score (nSPS) is 16.4. The predicted octanol–water partition coefficient (Wildman–Crippen LogP) is 1.65. The minimum absolute atomic E-state index is 0.00513. The summed E-state index contributed by atoms with van der Waals surface area (Å²) in [5.74, 6) is -0.167. The van der Waals surface area contributed by atoms with Gasteiger partial charge in [0.25, 0.3) is 5.89 Å². The molecule has 1 aromatic carbocycles. The van der Waals surface area contributed by atoms with Crippen LogP contribution in [0.3, 0.4) is 0 Å². The molecule has 0 aliphatic carbocycles. The molecule has 1 aliphatic rings. The monoisotopic (exact) mass is 457 g/mol. The zero-order chi connectivity index (χ0) is 22.9. The first-order valence-electron chi connectivity index (χ1n) is 10.1. The molecule has 1 aliphatic heterocycles. The van der Waals surface area contributed by atoms with Crippen LogP contribution in [0.4, 0.5) is 11.8 Å². The van der Waals surface area contributed by atoms with Crippen molar-refractivity contribution in [3.05, 3.63) is 30.5 Å². The summed E-state index contributed by atoms with van der Waals surface area (Å²) in [6.45, 7) is 4.05. The van der Waals surface area contributed by atoms with Crippen LogP contribution in [-0.2, 0) is 14.6 Å². The number of hydrogen-bond acceptors (Lipinski definition) is 10. The van der Waals surface area contributed by atoms with E-state index in [1.54, 1.807) is 26.0 Å². The number of nitrogens with zero attached hydrogens (tertiary/aromatic N) is 4. The zero-order valence-corrected chi connectivity index (χ0v) is 18.4. The molecule has 0 bridgehead atoms. The van der Waals surface area contributed by atoms with Gasteiger partial charge in [0.05, 0.1) is 28.1 Å². The smallest absolute Gasteiger partial charge is 0.322 e. The molecule has 12 heteroatoms. The Kier molecular flexibility index (Phi) is 5.89. The van der Waals surface area contributed by atoms with E-state index < -0.39 is 15.1 Å². The van der Waals surface area contributed by atoms with Crippen LogP contribution in [0.1, 0.15) is 26.7 Å². The number of amides is 1. The van der Waals surface area contributed by atoms with E-state index in [0.29, 0.717) is 11.3 Å². The van der Waals surface area contributed by atoms with Crippen molar-refractivity contribution in [3.63, 3.8) is 0 Å². The minimum atomic E-state index is -3.38. The van der Waals surface area contributed by atoms with Crippen molar-refractivity contribution in [2.45, 2.75) is 42.9 Å². The van der Waals surface area contributed by atoms with Crippen molar-refractivity contribution in [3.8, 4) is 22.8 Å². The van der Waals surface area contributed by atoms with Crippen LogP contribution in [0.2, 0.25) is 0 Å². The third-order valence-electron chi connectivity index (χ3n) is 5.13. The summed E-state index contributed by atoms with van der Waals surface area (Å²) < 4.78 is 30.2. The fraction of sp³-hybridized carbons (Fsp3) is 0.350. The van der Waals surface area contributed by atoms with Gasteiger partial charge in [-0.2, -0.15) is 0 Å². The largest absolute Gasteiger partial charge is 0.401 e. The summed E-state index contributed by atoms with van der Waals surface area (Å²) in [6.07, 6.45) is 3.14. The second-order valence-electron chi connectivity index (χ2n) is 7.66. The molecule has 1 atom stereocenters. The number of aromatic nitrogens is 4. The summed E-state index contributed by atoms with van der Waals surface area (Å²) >= 11 is 0. The number of carbonyl (C=O) groups excluding carboxylic acids is 1. The lowest BCUT2D eigenvalue weighted by molar-refractivity contribution is -0.117. The molecule has 3 heterocycles. The van der Waals surface area contributed by atoms with E-state index in [4.69, 9.17) is 10.2 Å². The molecule has 0 saturated carbocycles. The Morgan fingerprint density at radius 1 is 1.25 bits per heavy atom. The summed E-state index contributed by atoms with van der Waals surface area (Å²) in [4.78, 5) is 21.0. The van der Waals surface area contributed by atoms with E-state index >= 15 is 0 Å². The molecule has 11 nitrogen and oxygen atoms in total. The molecular weight excluding hydrogens is 434 g/mol. The lowest BCUT2D eigenvalue weighted by Crippen LogP contribution is -2.35. The maximum Gasteiger partial charge on any atom is 0.322 e. The lowest BCUT2D eigenvalue weighted by Gasteiger charge is -2.09. The highest BCUT2D eigenvalue weighted by atomic mass is 32.2. The first-order valence-corrected chi connectivity index (χ1v) is 11.7. The van der Waals surface area contributed by atoms with Crippen LogP contribution >= 0.6 is 0 Å². The summed E-state index contributed by atoms with van der Waals surface area (Å²) in [5, 5.41) is 12.9. The van der Waals surface area contributed by atoms with Crippen molar-refractivity contribution in [1.82, 2.24) is 25.5 Å². The number of rotatable bonds is 6. The molecular formula is C20H23N7O4S. The third kappa shape index (κ3) is 4.32. The van der Waals surface area contributed by atoms with Crippen LogP contribution in [0.15, 0.2) is 39.8 Å². The molecule has 1 saturated heterocycles. The number of nitrogen functional groups attached to an aromatic ring is 1. The second kappa shape index (κ2) is 8.63. The fourth-order valence-corrected chi connectivity index (χ4v) is 4.31. The van der Waals surface area contributed by atoms with Gasteiger partial charge in [-0.05, 0) is 45.4 Å². The average molecular weight is 458 g/mol. The number of carbonyl (C=O) groups is 1. The Morgan fingerprint density at radius 3 is 2.66 bits per heavy atom. The predicted molar refractivity (Wildman–Crippen MR) is 117 cm³/mol. The van der Waals surface area contributed by atoms with E-state index in [-0.39, 0.29) is 40.3 Å². The summed E-state index contributed by atoms with van der Waals surface area (Å²) in [7, 11) is -3.38. The van der Waals surface area contributed by atoms with Crippen molar-refractivity contribution < 1.29 is 17.6 Å². The van der Waals surface area contributed by atoms with Gasteiger partial charge in [-0.3, -0.25) is 10.1 Å². The standard InChI is InChI=1S/C20H23N7O4S/c1-11(2)32(29,30)13-7-5-12(6-8-13)15-10-23-17(21)16(24-15)19-26-27-20(31-19)25-18(28)14-4-3-9-22-14/h5-8,10-11,14,22H,3-4,9H2,1-2H3,(H2,21,23)(H,25,27,28)/t14-/m0/s1. The third-order valence-corrected chi connectivity index (χ3v) is 7.30. The molecule has 2 aromatic heterocycles. The van der Waals surface area contributed by atoms with Crippen LogP contribution in [0.25, 0.3) is 22.8 Å². The molecule has 32 heavy (non-hydrogen) atoms. The molecule has 1 fully saturated rings. The molecule has 168 valence electrons. The van der Waals surface area contributed by atoms with E-state index in [2.05, 4.69) is 30.8 Å². The first-order chi connectivity index (χ1) is 15.3. The van der Waals surface area contributed by atoms with Gasteiger partial charge in [0.2, 0.25) is 5.91 Å². The van der Waals surface area contributed by atoms with Gasteiger partial charge in [0, 0.05) is 5.56 Å². The van der Waals surface area contributed by atoms with E-state index in [9.17, 15) is 13.2 Å². The Hall–Kier alpha value is -3.38. The average Bonchev–Trinajstić information content (AvgIpc) is 3.46. The Bertz CT molecular complexity index is 1230. The second-order valence-corrected chi connectivity index (χ2v) is 10.2. The van der Waals surface area contributed by atoms with Gasteiger partial charge < -0.3 is 15.5 Å². The van der Waals surface area contributed by atoms with Gasteiger partial charge in [0.15, 0.2) is 21.3 Å². The maximum absolute atomic E-state index is 12.3. The number of anilines is 2. The molecule has 1 amide bonds. The minimum Gasteiger partial charge on any atom is -0.401 e. The molecule has 4 rings (SSSR count). The Labute approximate surface area is 184 Å². The van der Waals surface area contributed by atoms with E-state index in [0.717, 1.165) is 19.4 Å². The zero-order valence-electron chi connectivity index (χ0n) is 17.6. The maximum atomic E-state index is 12.3. The molecule has 4 N–H and O–H groups in total. The summed E-state index contributed by atoms with van der Waals surface area (Å²) in [6, 6.07) is 6.00. The highest BCUT2D eigenvalue weighted by molar-refractivity contribution is 7.92. The quantitative estimate of drug-likeness (QED) is 0.495. The van der Waals surface area contributed by atoms with Crippen LogP contribution < -0.4 is 16.4 Å². The van der Waals surface area contributed by atoms with Crippen LogP contribution in [-0.4, -0.2) is 52.3 Å². The molecule has 0 unspecified atom stereocenters. The van der Waals surface area contributed by atoms with Gasteiger partial charge >= 0.3 is 6.01 Å². The molecule has 3 aromatic rings. The highest BCUT2D eigenvalue weighted by Crippen LogP contribution is 2.27. The number of nitrogens with one attached hydrogen (secondary N) is 2.